The van der Waals surface area contributed by atoms with Crippen molar-refractivity contribution in [2.45, 2.75) is 24.8 Å². The highest BCUT2D eigenvalue weighted by molar-refractivity contribution is 7.90. The zero-order valence-electron chi connectivity index (χ0n) is 14.6. The largest absolute Gasteiger partial charge is 0.489 e. The van der Waals surface area contributed by atoms with E-state index in [1.165, 1.54) is 17.6 Å². The Kier molecular flexibility index (Phi) is 5.24. The Labute approximate surface area is 156 Å². The summed E-state index contributed by atoms with van der Waals surface area (Å²) in [5.41, 5.74) is 2.28. The summed E-state index contributed by atoms with van der Waals surface area (Å²) in [4.78, 5) is 8.87. The number of sulfone groups is 1. The van der Waals surface area contributed by atoms with Crippen LogP contribution in [0.4, 0.5) is 10.8 Å². The van der Waals surface area contributed by atoms with Crippen molar-refractivity contribution in [1.82, 2.24) is 9.97 Å². The minimum atomic E-state index is -3.32. The lowest BCUT2D eigenvalue weighted by atomic mass is 10.2. The Hall–Kier alpha value is -2.45. The SMILES string of the molecule is CC(C)Oc1ccc(S(C)(=O)=O)cc1Nc1nc(-c2cccnc2)cs1. The van der Waals surface area contributed by atoms with Gasteiger partial charge in [-0.25, -0.2) is 13.4 Å². The fraction of sp³-hybridized carbons (Fsp3) is 0.222. The minimum Gasteiger partial charge on any atom is -0.489 e. The summed E-state index contributed by atoms with van der Waals surface area (Å²) < 4.78 is 29.5. The number of ether oxygens (including phenoxy) is 1. The van der Waals surface area contributed by atoms with Gasteiger partial charge in [0.15, 0.2) is 15.0 Å². The molecule has 0 atom stereocenters. The number of rotatable bonds is 6. The van der Waals surface area contributed by atoms with E-state index in [1.54, 1.807) is 30.6 Å². The molecule has 2 aromatic heterocycles. The second-order valence-electron chi connectivity index (χ2n) is 6.00. The highest BCUT2D eigenvalue weighted by atomic mass is 32.2. The summed E-state index contributed by atoms with van der Waals surface area (Å²) in [5.74, 6) is 0.575. The highest BCUT2D eigenvalue weighted by Crippen LogP contribution is 2.33. The van der Waals surface area contributed by atoms with E-state index in [-0.39, 0.29) is 11.0 Å². The van der Waals surface area contributed by atoms with Gasteiger partial charge < -0.3 is 10.1 Å². The zero-order chi connectivity index (χ0) is 18.7. The highest BCUT2D eigenvalue weighted by Gasteiger charge is 2.14. The predicted octanol–water partition coefficient (Wildman–Crippen LogP) is 4.14. The van der Waals surface area contributed by atoms with Crippen LogP contribution in [-0.2, 0) is 9.84 Å². The molecule has 0 bridgehead atoms. The summed E-state index contributed by atoms with van der Waals surface area (Å²) >= 11 is 1.43. The van der Waals surface area contributed by atoms with Crippen molar-refractivity contribution in [3.05, 3.63) is 48.1 Å². The third-order valence-corrected chi connectivity index (χ3v) is 5.31. The molecule has 0 saturated carbocycles. The molecule has 0 unspecified atom stereocenters. The van der Waals surface area contributed by atoms with E-state index in [0.29, 0.717) is 16.6 Å². The molecule has 0 saturated heterocycles. The summed E-state index contributed by atoms with van der Waals surface area (Å²) in [5, 5.41) is 5.74. The van der Waals surface area contributed by atoms with Crippen LogP contribution >= 0.6 is 11.3 Å². The smallest absolute Gasteiger partial charge is 0.187 e. The first-order chi connectivity index (χ1) is 12.3. The van der Waals surface area contributed by atoms with Crippen LogP contribution in [0.1, 0.15) is 13.8 Å². The number of hydrogen-bond acceptors (Lipinski definition) is 7. The Morgan fingerprint density at radius 2 is 2.04 bits per heavy atom. The van der Waals surface area contributed by atoms with Gasteiger partial charge in [0.2, 0.25) is 0 Å². The van der Waals surface area contributed by atoms with Crippen LogP contribution in [0.3, 0.4) is 0 Å². The van der Waals surface area contributed by atoms with Gasteiger partial charge in [-0.15, -0.1) is 11.3 Å². The second kappa shape index (κ2) is 7.43. The lowest BCUT2D eigenvalue weighted by molar-refractivity contribution is 0.243. The first kappa shape index (κ1) is 18.3. The average Bonchev–Trinajstić information content (AvgIpc) is 3.04. The van der Waals surface area contributed by atoms with Crippen molar-refractivity contribution < 1.29 is 13.2 Å². The third-order valence-electron chi connectivity index (χ3n) is 3.44. The molecule has 6 nitrogen and oxygen atoms in total. The maximum Gasteiger partial charge on any atom is 0.187 e. The second-order valence-corrected chi connectivity index (χ2v) is 8.88. The van der Waals surface area contributed by atoms with E-state index >= 15 is 0 Å². The standard InChI is InChI=1S/C18H19N3O3S2/c1-12(2)24-17-7-6-14(26(3,22)23)9-15(17)20-18-21-16(11-25-18)13-5-4-8-19-10-13/h4-12H,1-3H3,(H,20,21). The summed E-state index contributed by atoms with van der Waals surface area (Å²) in [6, 6.07) is 8.56. The van der Waals surface area contributed by atoms with Gasteiger partial charge in [0.05, 0.1) is 22.4 Å². The van der Waals surface area contributed by atoms with Gasteiger partial charge in [0.25, 0.3) is 0 Å². The molecule has 26 heavy (non-hydrogen) atoms. The topological polar surface area (TPSA) is 81.2 Å². The van der Waals surface area contributed by atoms with Crippen molar-refractivity contribution in [2.75, 3.05) is 11.6 Å². The number of benzene rings is 1. The molecule has 1 aromatic carbocycles. The minimum absolute atomic E-state index is 0.0399. The Bertz CT molecular complexity index is 1000. The molecule has 3 aromatic rings. The molecule has 8 heteroatoms. The normalized spacial score (nSPS) is 11.5. The van der Waals surface area contributed by atoms with Gasteiger partial charge in [0, 0.05) is 29.6 Å². The number of nitrogens with zero attached hydrogens (tertiary/aromatic N) is 2. The van der Waals surface area contributed by atoms with E-state index in [1.807, 2.05) is 31.4 Å². The van der Waals surface area contributed by atoms with Crippen molar-refractivity contribution in [3.8, 4) is 17.0 Å². The molecule has 0 aliphatic rings. The number of aromatic nitrogens is 2. The summed E-state index contributed by atoms with van der Waals surface area (Å²) in [6.45, 7) is 3.83. The molecule has 0 spiro atoms. The molecule has 0 radical (unpaired) electrons. The summed E-state index contributed by atoms with van der Waals surface area (Å²) in [7, 11) is -3.32. The van der Waals surface area contributed by atoms with E-state index < -0.39 is 9.84 Å². The molecule has 3 rings (SSSR count). The molecule has 1 N–H and O–H groups in total. The van der Waals surface area contributed by atoms with Crippen molar-refractivity contribution in [2.24, 2.45) is 0 Å². The Morgan fingerprint density at radius 1 is 1.23 bits per heavy atom. The molecule has 136 valence electrons. The molecular formula is C18H19N3O3S2. The van der Waals surface area contributed by atoms with Crippen LogP contribution in [0.15, 0.2) is 53.0 Å². The third kappa shape index (κ3) is 4.39. The van der Waals surface area contributed by atoms with Crippen LogP contribution in [0.2, 0.25) is 0 Å². The molecule has 0 aliphatic heterocycles. The quantitative estimate of drug-likeness (QED) is 0.682. The monoisotopic (exact) mass is 389 g/mol. The maximum atomic E-state index is 11.9. The predicted molar refractivity (Wildman–Crippen MR) is 104 cm³/mol. The molecule has 0 amide bonds. The first-order valence-electron chi connectivity index (χ1n) is 7.96. The first-order valence-corrected chi connectivity index (χ1v) is 10.7. The summed E-state index contributed by atoms with van der Waals surface area (Å²) in [6.07, 6.45) is 4.60. The van der Waals surface area contributed by atoms with Crippen LogP contribution in [0, 0.1) is 0 Å². The van der Waals surface area contributed by atoms with Gasteiger partial charge in [-0.05, 0) is 44.2 Å². The molecule has 0 aliphatic carbocycles. The van der Waals surface area contributed by atoms with Crippen LogP contribution < -0.4 is 10.1 Å². The van der Waals surface area contributed by atoms with E-state index in [4.69, 9.17) is 4.74 Å². The van der Waals surface area contributed by atoms with Crippen LogP contribution in [-0.4, -0.2) is 30.7 Å². The number of nitrogens with one attached hydrogen (secondary N) is 1. The van der Waals surface area contributed by atoms with Crippen LogP contribution in [0.5, 0.6) is 5.75 Å². The fourth-order valence-corrected chi connectivity index (χ4v) is 3.67. The lowest BCUT2D eigenvalue weighted by Gasteiger charge is -2.15. The van der Waals surface area contributed by atoms with E-state index in [9.17, 15) is 8.42 Å². The average molecular weight is 390 g/mol. The fourth-order valence-electron chi connectivity index (χ4n) is 2.29. The number of hydrogen-bond donors (Lipinski definition) is 1. The molecule has 0 fully saturated rings. The van der Waals surface area contributed by atoms with Crippen molar-refractivity contribution >= 4 is 32.0 Å². The van der Waals surface area contributed by atoms with Crippen LogP contribution in [0.25, 0.3) is 11.3 Å². The van der Waals surface area contributed by atoms with E-state index in [2.05, 4.69) is 15.3 Å². The molecule has 2 heterocycles. The van der Waals surface area contributed by atoms with E-state index in [0.717, 1.165) is 11.3 Å². The van der Waals surface area contributed by atoms with Gasteiger partial charge in [-0.2, -0.15) is 0 Å². The number of anilines is 2. The van der Waals surface area contributed by atoms with Gasteiger partial charge in [-0.3, -0.25) is 4.98 Å². The Balaban J connectivity index is 1.94. The number of thiazole rings is 1. The van der Waals surface area contributed by atoms with Gasteiger partial charge in [0.1, 0.15) is 5.75 Å². The molecular weight excluding hydrogens is 370 g/mol. The maximum absolute atomic E-state index is 11.9. The van der Waals surface area contributed by atoms with Gasteiger partial charge >= 0.3 is 0 Å². The lowest BCUT2D eigenvalue weighted by Crippen LogP contribution is -2.08. The number of pyridine rings is 1. The van der Waals surface area contributed by atoms with Crippen molar-refractivity contribution in [3.63, 3.8) is 0 Å². The van der Waals surface area contributed by atoms with Crippen molar-refractivity contribution in [1.29, 1.82) is 0 Å². The van der Waals surface area contributed by atoms with Gasteiger partial charge in [-0.1, -0.05) is 0 Å². The Morgan fingerprint density at radius 3 is 2.69 bits per heavy atom. The zero-order valence-corrected chi connectivity index (χ0v) is 16.3.